The third kappa shape index (κ3) is 5.61. The number of hydrogen-bond donors (Lipinski definition) is 1. The number of carbonyl (C=O) groups is 3. The van der Waals surface area contributed by atoms with E-state index in [-0.39, 0.29) is 18.8 Å². The fraction of sp³-hybridized carbons (Fsp3) is 0.179. The van der Waals surface area contributed by atoms with Gasteiger partial charge in [0, 0.05) is 39.8 Å². The molecule has 1 atom stereocenters. The topological polar surface area (TPSA) is 101 Å². The van der Waals surface area contributed by atoms with E-state index in [0.717, 1.165) is 6.07 Å². The minimum Gasteiger partial charge on any atom is -0.446 e. The number of primary amides is 1. The van der Waals surface area contributed by atoms with Crippen molar-refractivity contribution in [3.63, 3.8) is 0 Å². The molecule has 0 saturated heterocycles. The van der Waals surface area contributed by atoms with Crippen LogP contribution in [0.2, 0.25) is 5.02 Å². The molecule has 1 amide bonds. The van der Waals surface area contributed by atoms with E-state index in [9.17, 15) is 27.6 Å². The monoisotopic (exact) mass is 558 g/mol. The van der Waals surface area contributed by atoms with Crippen LogP contribution in [0.4, 0.5) is 13.2 Å². The summed E-state index contributed by atoms with van der Waals surface area (Å²) in [6.07, 6.45) is -4.91. The second kappa shape index (κ2) is 10.5. The van der Waals surface area contributed by atoms with Crippen molar-refractivity contribution < 1.29 is 37.0 Å². The highest BCUT2D eigenvalue weighted by atomic mass is 35.5. The minimum atomic E-state index is -4.91. The van der Waals surface area contributed by atoms with Crippen LogP contribution in [0, 0.1) is 6.92 Å². The van der Waals surface area contributed by atoms with E-state index in [4.69, 9.17) is 22.1 Å². The summed E-state index contributed by atoms with van der Waals surface area (Å²) in [4.78, 5) is 36.6. The summed E-state index contributed by atoms with van der Waals surface area (Å²) in [5.41, 5.74) is 6.09. The van der Waals surface area contributed by atoms with Gasteiger partial charge in [-0.1, -0.05) is 29.8 Å². The van der Waals surface area contributed by atoms with Gasteiger partial charge in [0.1, 0.15) is 5.75 Å². The number of halogens is 4. The smallest absolute Gasteiger partial charge is 0.446 e. The second-order valence-corrected chi connectivity index (χ2v) is 9.36. The van der Waals surface area contributed by atoms with Crippen LogP contribution in [0.25, 0.3) is 10.9 Å². The number of rotatable bonds is 9. The van der Waals surface area contributed by atoms with Gasteiger partial charge in [-0.3, -0.25) is 14.4 Å². The minimum absolute atomic E-state index is 0.0927. The highest BCUT2D eigenvalue weighted by Crippen LogP contribution is 2.34. The molecule has 4 aromatic rings. The van der Waals surface area contributed by atoms with E-state index in [2.05, 4.69) is 4.74 Å². The molecule has 39 heavy (non-hydrogen) atoms. The van der Waals surface area contributed by atoms with Gasteiger partial charge < -0.3 is 19.8 Å². The number of aromatic nitrogens is 1. The Balaban J connectivity index is 1.87. The number of hydrogen-bond acceptors (Lipinski definition) is 5. The van der Waals surface area contributed by atoms with Crippen LogP contribution < -0.4 is 10.5 Å². The van der Waals surface area contributed by atoms with Crippen molar-refractivity contribution in [3.05, 3.63) is 99.7 Å². The van der Waals surface area contributed by atoms with E-state index in [0.29, 0.717) is 43.9 Å². The highest BCUT2D eigenvalue weighted by molar-refractivity contribution is 6.30. The molecule has 0 spiro atoms. The first-order chi connectivity index (χ1) is 18.3. The third-order valence-corrected chi connectivity index (χ3v) is 6.69. The number of nitrogens with two attached hydrogens (primary N) is 1. The van der Waals surface area contributed by atoms with E-state index in [1.54, 1.807) is 60.0 Å². The number of alkyl halides is 3. The Labute approximate surface area is 225 Å². The molecule has 202 valence electrons. The first-order valence-electron chi connectivity index (χ1n) is 11.5. The molecule has 0 aliphatic rings. The standard InChI is InChI=1S/C28H22ClF3N2O5/c1-16-24(25(36)18-6-8-20(29)9-7-18)22-11-10-21(39-28(30,31)32)13-23(22)34(16)14-17-4-3-5-19(12-17)27(2,26(33)37)38-15-35/h3-13,15H,14H2,1-2H3,(H2,33,37)/t27-/m0/s1. The highest BCUT2D eigenvalue weighted by Gasteiger charge is 2.36. The number of ether oxygens (including phenoxy) is 2. The first-order valence-corrected chi connectivity index (χ1v) is 11.9. The predicted octanol–water partition coefficient (Wildman–Crippen LogP) is 5.65. The lowest BCUT2D eigenvalue weighted by Gasteiger charge is -2.25. The van der Waals surface area contributed by atoms with Crippen molar-refractivity contribution in [2.24, 2.45) is 5.73 Å². The van der Waals surface area contributed by atoms with Crippen LogP contribution in [-0.2, 0) is 26.5 Å². The van der Waals surface area contributed by atoms with Crippen LogP contribution in [0.15, 0.2) is 66.7 Å². The molecule has 7 nitrogen and oxygen atoms in total. The Hall–Kier alpha value is -4.31. The normalized spacial score (nSPS) is 13.1. The number of ketones is 1. The zero-order valence-electron chi connectivity index (χ0n) is 20.7. The van der Waals surface area contributed by atoms with Gasteiger partial charge in [0.05, 0.1) is 11.1 Å². The number of nitrogens with zero attached hydrogens (tertiary/aromatic N) is 1. The number of amides is 1. The molecule has 0 bridgehead atoms. The van der Waals surface area contributed by atoms with Gasteiger partial charge in [0.25, 0.3) is 12.4 Å². The summed E-state index contributed by atoms with van der Waals surface area (Å²) in [6.45, 7) is 3.25. The van der Waals surface area contributed by atoms with Gasteiger partial charge in [-0.25, -0.2) is 0 Å². The van der Waals surface area contributed by atoms with E-state index < -0.39 is 23.6 Å². The average molecular weight is 559 g/mol. The van der Waals surface area contributed by atoms with Crippen molar-refractivity contribution in [2.45, 2.75) is 32.4 Å². The maximum absolute atomic E-state index is 13.5. The predicted molar refractivity (Wildman–Crippen MR) is 137 cm³/mol. The fourth-order valence-electron chi connectivity index (χ4n) is 4.40. The zero-order chi connectivity index (χ0) is 28.5. The maximum Gasteiger partial charge on any atom is 0.573 e. The molecule has 0 saturated carbocycles. The third-order valence-electron chi connectivity index (χ3n) is 6.44. The Kier molecular flexibility index (Phi) is 7.43. The lowest BCUT2D eigenvalue weighted by molar-refractivity contribution is -0.274. The van der Waals surface area contributed by atoms with Crippen molar-refractivity contribution >= 4 is 40.7 Å². The molecule has 0 aliphatic heterocycles. The molecule has 4 rings (SSSR count). The average Bonchev–Trinajstić information content (AvgIpc) is 3.13. The molecule has 11 heteroatoms. The van der Waals surface area contributed by atoms with Gasteiger partial charge in [0.2, 0.25) is 5.60 Å². The van der Waals surface area contributed by atoms with Crippen molar-refractivity contribution in [1.29, 1.82) is 0 Å². The Morgan fingerprint density at radius 1 is 1.05 bits per heavy atom. The summed E-state index contributed by atoms with van der Waals surface area (Å²) in [5, 5.41) is 0.866. The van der Waals surface area contributed by atoms with Gasteiger partial charge in [-0.15, -0.1) is 13.2 Å². The van der Waals surface area contributed by atoms with Crippen LogP contribution >= 0.6 is 11.6 Å². The summed E-state index contributed by atoms with van der Waals surface area (Å²) in [7, 11) is 0. The second-order valence-electron chi connectivity index (χ2n) is 8.92. The van der Waals surface area contributed by atoms with Crippen molar-refractivity contribution in [3.8, 4) is 5.75 Å². The van der Waals surface area contributed by atoms with E-state index >= 15 is 0 Å². The molecule has 1 aromatic heterocycles. The maximum atomic E-state index is 13.5. The summed E-state index contributed by atoms with van der Waals surface area (Å²) < 4.78 is 49.7. The van der Waals surface area contributed by atoms with Crippen molar-refractivity contribution in [2.75, 3.05) is 0 Å². The van der Waals surface area contributed by atoms with Crippen LogP contribution in [-0.4, -0.2) is 29.1 Å². The summed E-state index contributed by atoms with van der Waals surface area (Å²) in [6, 6.07) is 16.5. The molecular weight excluding hydrogens is 537 g/mol. The Morgan fingerprint density at radius 2 is 1.74 bits per heavy atom. The summed E-state index contributed by atoms with van der Waals surface area (Å²) in [5.74, 6) is -1.68. The summed E-state index contributed by atoms with van der Waals surface area (Å²) >= 11 is 5.96. The van der Waals surface area contributed by atoms with E-state index in [1.807, 2.05) is 0 Å². The molecule has 1 heterocycles. The van der Waals surface area contributed by atoms with Gasteiger partial charge in [0.15, 0.2) is 5.78 Å². The largest absolute Gasteiger partial charge is 0.573 e. The van der Waals surface area contributed by atoms with Gasteiger partial charge >= 0.3 is 6.36 Å². The van der Waals surface area contributed by atoms with E-state index in [1.165, 1.54) is 19.1 Å². The molecular formula is C28H22ClF3N2O5. The Bertz CT molecular complexity index is 1580. The van der Waals surface area contributed by atoms with Gasteiger partial charge in [-0.2, -0.15) is 0 Å². The SMILES string of the molecule is Cc1c(C(=O)c2ccc(Cl)cc2)c2ccc(OC(F)(F)F)cc2n1Cc1cccc([C@](C)(OC=O)C(N)=O)c1. The van der Waals surface area contributed by atoms with Crippen LogP contribution in [0.5, 0.6) is 5.75 Å². The molecule has 0 fully saturated rings. The number of benzene rings is 3. The van der Waals surface area contributed by atoms with Gasteiger partial charge in [-0.05, 0) is 61.9 Å². The van der Waals surface area contributed by atoms with Crippen LogP contribution in [0.1, 0.15) is 39.7 Å². The van der Waals surface area contributed by atoms with Crippen molar-refractivity contribution in [1.82, 2.24) is 4.57 Å². The Morgan fingerprint density at radius 3 is 2.36 bits per heavy atom. The quantitative estimate of drug-likeness (QED) is 0.211. The lowest BCUT2D eigenvalue weighted by atomic mass is 9.93. The lowest BCUT2D eigenvalue weighted by Crippen LogP contribution is -2.40. The van der Waals surface area contributed by atoms with Crippen LogP contribution in [0.3, 0.4) is 0 Å². The number of fused-ring (bicyclic) bond motifs is 1. The molecule has 0 unspecified atom stereocenters. The fourth-order valence-corrected chi connectivity index (χ4v) is 4.53. The molecule has 0 aliphatic carbocycles. The molecule has 3 aromatic carbocycles. The molecule has 2 N–H and O–H groups in total. The zero-order valence-corrected chi connectivity index (χ0v) is 21.5. The number of carbonyl (C=O) groups excluding carboxylic acids is 3. The molecule has 0 radical (unpaired) electrons. The first kappa shape index (κ1) is 27.7.